The molecule has 0 saturated heterocycles. The maximum Gasteiger partial charge on any atom is 0.140 e. The first-order valence-electron chi connectivity index (χ1n) is 8.24. The van der Waals surface area contributed by atoms with Crippen LogP contribution in [-0.2, 0) is 26.6 Å². The van der Waals surface area contributed by atoms with E-state index in [9.17, 15) is 4.39 Å². The Morgan fingerprint density at radius 3 is 2.76 bits per heavy atom. The molecular weight excluding hydrogens is 383 g/mol. The number of fused-ring (bicyclic) bond motifs is 1. The molecule has 25 heavy (non-hydrogen) atoms. The van der Waals surface area contributed by atoms with Gasteiger partial charge in [0.05, 0.1) is 11.4 Å². The molecule has 0 N–H and O–H groups in total. The Balaban J connectivity index is 1.59. The molecule has 0 atom stereocenters. The van der Waals surface area contributed by atoms with Gasteiger partial charge in [-0.25, -0.2) is 14.4 Å². The van der Waals surface area contributed by atoms with Crippen molar-refractivity contribution in [3.63, 3.8) is 0 Å². The summed E-state index contributed by atoms with van der Waals surface area (Å²) in [6, 6.07) is 10.6. The summed E-state index contributed by atoms with van der Waals surface area (Å²) in [6.45, 7) is 2.67. The minimum atomic E-state index is -0.226. The Bertz CT molecular complexity index is 904. The van der Waals surface area contributed by atoms with Crippen LogP contribution < -0.4 is 0 Å². The van der Waals surface area contributed by atoms with Gasteiger partial charge in [-0.1, -0.05) is 6.07 Å². The number of pyridine rings is 1. The normalized spacial score (nSPS) is 14.5. The number of halogens is 2. The van der Waals surface area contributed by atoms with Crippen LogP contribution in [0, 0.1) is 5.82 Å². The van der Waals surface area contributed by atoms with Crippen molar-refractivity contribution in [2.24, 2.45) is 7.05 Å². The molecule has 0 amide bonds. The van der Waals surface area contributed by atoms with Crippen LogP contribution >= 0.6 is 15.9 Å². The first kappa shape index (κ1) is 16.4. The Morgan fingerprint density at radius 2 is 2.00 bits per heavy atom. The van der Waals surface area contributed by atoms with Gasteiger partial charge in [-0.3, -0.25) is 4.90 Å². The van der Waals surface area contributed by atoms with Crippen LogP contribution in [0.3, 0.4) is 0 Å². The van der Waals surface area contributed by atoms with Gasteiger partial charge in [0.15, 0.2) is 0 Å². The molecule has 3 aromatic rings. The maximum absolute atomic E-state index is 13.2. The zero-order valence-corrected chi connectivity index (χ0v) is 15.5. The summed E-state index contributed by atoms with van der Waals surface area (Å²) in [5.41, 5.74) is 4.50. The number of aromatic nitrogens is 3. The highest BCUT2D eigenvalue weighted by molar-refractivity contribution is 9.10. The smallest absolute Gasteiger partial charge is 0.140 e. The number of rotatable bonds is 3. The number of hydrogen-bond acceptors (Lipinski definition) is 3. The molecular formula is C19H18BrFN4. The topological polar surface area (TPSA) is 34.0 Å². The van der Waals surface area contributed by atoms with E-state index in [0.717, 1.165) is 47.7 Å². The van der Waals surface area contributed by atoms with Gasteiger partial charge in [0.2, 0.25) is 0 Å². The van der Waals surface area contributed by atoms with Crippen LogP contribution in [0.25, 0.3) is 11.4 Å². The zero-order chi connectivity index (χ0) is 17.4. The average molecular weight is 401 g/mol. The van der Waals surface area contributed by atoms with Gasteiger partial charge in [0, 0.05) is 44.9 Å². The Hall–Kier alpha value is -2.05. The fourth-order valence-electron chi connectivity index (χ4n) is 3.31. The third-order valence-electron chi connectivity index (χ3n) is 4.67. The lowest BCUT2D eigenvalue weighted by molar-refractivity contribution is 0.237. The third kappa shape index (κ3) is 3.24. The maximum atomic E-state index is 13.2. The minimum Gasteiger partial charge on any atom is -0.330 e. The fraction of sp³-hybridized carbons (Fsp3) is 0.263. The van der Waals surface area contributed by atoms with E-state index in [-0.39, 0.29) is 5.82 Å². The number of imidazole rings is 1. The molecule has 1 aromatic carbocycles. The molecule has 0 bridgehead atoms. The largest absolute Gasteiger partial charge is 0.330 e. The lowest BCUT2D eigenvalue weighted by Gasteiger charge is -2.27. The van der Waals surface area contributed by atoms with Crippen molar-refractivity contribution in [1.29, 1.82) is 0 Å². The Labute approximate surface area is 154 Å². The summed E-state index contributed by atoms with van der Waals surface area (Å²) in [5.74, 6) is 0.672. The molecule has 2 aromatic heterocycles. The standard InChI is InChI=1S/C19H18BrFN4/c1-24-17-12-25(11-14-3-2-9-22-18(14)20)10-8-16(17)23-19(24)13-4-6-15(21)7-5-13/h2-7,9H,8,10-12H2,1H3. The summed E-state index contributed by atoms with van der Waals surface area (Å²) in [4.78, 5) is 11.5. The molecule has 0 unspecified atom stereocenters. The van der Waals surface area contributed by atoms with E-state index in [0.29, 0.717) is 0 Å². The highest BCUT2D eigenvalue weighted by atomic mass is 79.9. The summed E-state index contributed by atoms with van der Waals surface area (Å²) in [6.07, 6.45) is 2.71. The van der Waals surface area contributed by atoms with Crippen LogP contribution in [-0.4, -0.2) is 26.0 Å². The van der Waals surface area contributed by atoms with Gasteiger partial charge in [-0.2, -0.15) is 0 Å². The molecule has 0 fully saturated rings. The van der Waals surface area contributed by atoms with Crippen LogP contribution in [0.4, 0.5) is 4.39 Å². The van der Waals surface area contributed by atoms with Crippen LogP contribution in [0.5, 0.6) is 0 Å². The van der Waals surface area contributed by atoms with Gasteiger partial charge in [0.1, 0.15) is 16.2 Å². The minimum absolute atomic E-state index is 0.226. The van der Waals surface area contributed by atoms with Crippen molar-refractivity contribution in [2.45, 2.75) is 19.5 Å². The molecule has 0 saturated carbocycles. The quantitative estimate of drug-likeness (QED) is 0.624. The highest BCUT2D eigenvalue weighted by Crippen LogP contribution is 2.27. The molecule has 0 radical (unpaired) electrons. The molecule has 4 rings (SSSR count). The summed E-state index contributed by atoms with van der Waals surface area (Å²) >= 11 is 3.52. The monoisotopic (exact) mass is 400 g/mol. The fourth-order valence-corrected chi connectivity index (χ4v) is 3.69. The summed E-state index contributed by atoms with van der Waals surface area (Å²) < 4.78 is 16.2. The highest BCUT2D eigenvalue weighted by Gasteiger charge is 2.23. The van der Waals surface area contributed by atoms with Crippen molar-refractivity contribution in [2.75, 3.05) is 6.54 Å². The Kier molecular flexibility index (Phi) is 4.39. The molecule has 0 aliphatic carbocycles. The molecule has 1 aliphatic heterocycles. The van der Waals surface area contributed by atoms with Crippen molar-refractivity contribution in [1.82, 2.24) is 19.4 Å². The third-order valence-corrected chi connectivity index (χ3v) is 5.38. The number of nitrogens with zero attached hydrogens (tertiary/aromatic N) is 4. The Morgan fingerprint density at radius 1 is 1.20 bits per heavy atom. The van der Waals surface area contributed by atoms with Crippen molar-refractivity contribution in [3.8, 4) is 11.4 Å². The van der Waals surface area contributed by atoms with Crippen molar-refractivity contribution < 1.29 is 4.39 Å². The van der Waals surface area contributed by atoms with E-state index in [4.69, 9.17) is 4.98 Å². The van der Waals surface area contributed by atoms with Crippen LogP contribution in [0.1, 0.15) is 17.0 Å². The second-order valence-electron chi connectivity index (χ2n) is 6.31. The van der Waals surface area contributed by atoms with E-state index in [1.807, 2.05) is 13.1 Å². The van der Waals surface area contributed by atoms with E-state index < -0.39 is 0 Å². The summed E-state index contributed by atoms with van der Waals surface area (Å²) in [5, 5.41) is 0. The molecule has 6 heteroatoms. The molecule has 4 nitrogen and oxygen atoms in total. The SMILES string of the molecule is Cn1c(-c2ccc(F)cc2)nc2c1CN(Cc1cccnc1Br)CC2. The zero-order valence-electron chi connectivity index (χ0n) is 13.9. The van der Waals surface area contributed by atoms with Crippen LogP contribution in [0.2, 0.25) is 0 Å². The van der Waals surface area contributed by atoms with Gasteiger partial charge in [-0.05, 0) is 51.8 Å². The molecule has 128 valence electrons. The molecule has 0 spiro atoms. The van der Waals surface area contributed by atoms with Crippen molar-refractivity contribution in [3.05, 3.63) is 70.0 Å². The average Bonchev–Trinajstić information content (AvgIpc) is 2.94. The van der Waals surface area contributed by atoms with E-state index in [1.165, 1.54) is 23.4 Å². The van der Waals surface area contributed by atoms with E-state index >= 15 is 0 Å². The van der Waals surface area contributed by atoms with Crippen molar-refractivity contribution >= 4 is 15.9 Å². The second kappa shape index (κ2) is 6.69. The van der Waals surface area contributed by atoms with Crippen LogP contribution in [0.15, 0.2) is 47.2 Å². The lowest BCUT2D eigenvalue weighted by Crippen LogP contribution is -2.31. The number of hydrogen-bond donors (Lipinski definition) is 0. The summed E-state index contributed by atoms with van der Waals surface area (Å²) in [7, 11) is 2.04. The molecule has 3 heterocycles. The predicted molar refractivity (Wildman–Crippen MR) is 98.4 cm³/mol. The first-order chi connectivity index (χ1) is 12.1. The van der Waals surface area contributed by atoms with Gasteiger partial charge < -0.3 is 4.57 Å². The second-order valence-corrected chi connectivity index (χ2v) is 7.06. The molecule has 1 aliphatic rings. The predicted octanol–water partition coefficient (Wildman–Crippen LogP) is 3.94. The van der Waals surface area contributed by atoms with Gasteiger partial charge in [-0.15, -0.1) is 0 Å². The number of benzene rings is 1. The van der Waals surface area contributed by atoms with Gasteiger partial charge >= 0.3 is 0 Å². The van der Waals surface area contributed by atoms with E-state index in [1.54, 1.807) is 18.3 Å². The lowest BCUT2D eigenvalue weighted by atomic mass is 10.1. The van der Waals surface area contributed by atoms with E-state index in [2.05, 4.69) is 36.4 Å². The first-order valence-corrected chi connectivity index (χ1v) is 9.03. The van der Waals surface area contributed by atoms with Gasteiger partial charge in [0.25, 0.3) is 0 Å².